The molecule has 1 aromatic carbocycles. The van der Waals surface area contributed by atoms with Gasteiger partial charge in [0.2, 0.25) is 5.91 Å². The van der Waals surface area contributed by atoms with Gasteiger partial charge in [0.1, 0.15) is 5.82 Å². The second-order valence-corrected chi connectivity index (χ2v) is 4.39. The number of benzene rings is 1. The number of nitrogens with one attached hydrogen (secondary N) is 1. The zero-order valence-electron chi connectivity index (χ0n) is 7.70. The predicted octanol–water partition coefficient (Wildman–Crippen LogP) is 1.72. The summed E-state index contributed by atoms with van der Waals surface area (Å²) >= 11 is 0.979. The molecule has 0 saturated carbocycles. The number of hydrogen-bond acceptors (Lipinski definition) is 3. The molecule has 5 heteroatoms. The van der Waals surface area contributed by atoms with Crippen LogP contribution < -0.4 is 5.32 Å². The summed E-state index contributed by atoms with van der Waals surface area (Å²) in [5.41, 5.74) is 0.846. The van der Waals surface area contributed by atoms with Crippen molar-refractivity contribution in [2.45, 2.75) is 11.7 Å². The summed E-state index contributed by atoms with van der Waals surface area (Å²) in [6.45, 7) is 0. The van der Waals surface area contributed by atoms with E-state index < -0.39 is 0 Å². The Morgan fingerprint density at radius 3 is 2.47 bits per heavy atom. The van der Waals surface area contributed by atoms with Gasteiger partial charge >= 0.3 is 0 Å². The molecule has 2 amide bonds. The molecule has 1 heterocycles. The van der Waals surface area contributed by atoms with Crippen LogP contribution in [0.5, 0.6) is 0 Å². The van der Waals surface area contributed by atoms with Crippen LogP contribution in [0.15, 0.2) is 24.3 Å². The van der Waals surface area contributed by atoms with Gasteiger partial charge in [0.15, 0.2) is 0 Å². The molecule has 0 spiro atoms. The summed E-state index contributed by atoms with van der Waals surface area (Å²) in [5, 5.41) is 1.51. The molecule has 0 aromatic heterocycles. The third-order valence-electron chi connectivity index (χ3n) is 2.10. The van der Waals surface area contributed by atoms with Gasteiger partial charge in [0.25, 0.3) is 5.24 Å². The molecule has 3 nitrogen and oxygen atoms in total. The van der Waals surface area contributed by atoms with Crippen LogP contribution in [-0.4, -0.2) is 16.4 Å². The van der Waals surface area contributed by atoms with E-state index in [1.807, 2.05) is 0 Å². The van der Waals surface area contributed by atoms with Crippen LogP contribution in [0.3, 0.4) is 0 Å². The Labute approximate surface area is 90.0 Å². The predicted molar refractivity (Wildman–Crippen MR) is 55.0 cm³/mol. The van der Waals surface area contributed by atoms with Crippen LogP contribution in [0.25, 0.3) is 0 Å². The smallest absolute Gasteiger partial charge is 0.286 e. The first-order valence-electron chi connectivity index (χ1n) is 4.41. The molecule has 1 aliphatic heterocycles. The summed E-state index contributed by atoms with van der Waals surface area (Å²) < 4.78 is 12.6. The van der Waals surface area contributed by atoms with E-state index in [0.717, 1.165) is 17.3 Å². The molecular weight excluding hydrogens is 217 g/mol. The van der Waals surface area contributed by atoms with Crippen LogP contribution in [0.2, 0.25) is 0 Å². The van der Waals surface area contributed by atoms with Crippen molar-refractivity contribution in [1.29, 1.82) is 0 Å². The van der Waals surface area contributed by atoms with Crippen molar-refractivity contribution in [3.63, 3.8) is 0 Å². The van der Waals surface area contributed by atoms with Crippen LogP contribution in [0, 0.1) is 5.82 Å². The molecule has 78 valence electrons. The summed E-state index contributed by atoms with van der Waals surface area (Å²) in [5.74, 6) is -0.576. The van der Waals surface area contributed by atoms with Crippen LogP contribution >= 0.6 is 11.8 Å². The van der Waals surface area contributed by atoms with E-state index >= 15 is 0 Å². The van der Waals surface area contributed by atoms with Gasteiger partial charge in [-0.2, -0.15) is 0 Å². The molecule has 1 aromatic rings. The normalized spacial score (nSPS) is 20.5. The molecule has 2 rings (SSSR count). The Balaban J connectivity index is 2.06. The highest BCUT2D eigenvalue weighted by molar-refractivity contribution is 8.15. The average molecular weight is 225 g/mol. The average Bonchev–Trinajstić information content (AvgIpc) is 2.49. The Hall–Kier alpha value is -1.36. The van der Waals surface area contributed by atoms with Gasteiger partial charge in [-0.3, -0.25) is 14.9 Å². The van der Waals surface area contributed by atoms with Gasteiger partial charge in [-0.05, 0) is 24.1 Å². The lowest BCUT2D eigenvalue weighted by Gasteiger charge is -2.04. The fourth-order valence-corrected chi connectivity index (χ4v) is 2.22. The van der Waals surface area contributed by atoms with Crippen molar-refractivity contribution < 1.29 is 14.0 Å². The Kier molecular flexibility index (Phi) is 2.73. The Morgan fingerprint density at radius 1 is 1.27 bits per heavy atom. The molecule has 1 atom stereocenters. The monoisotopic (exact) mass is 225 g/mol. The van der Waals surface area contributed by atoms with Gasteiger partial charge < -0.3 is 0 Å². The van der Waals surface area contributed by atoms with Crippen LogP contribution in [0.1, 0.15) is 5.56 Å². The second kappa shape index (κ2) is 4.02. The lowest BCUT2D eigenvalue weighted by Crippen LogP contribution is -2.25. The summed E-state index contributed by atoms with van der Waals surface area (Å²) in [6, 6.07) is 5.92. The first kappa shape index (κ1) is 10.2. The zero-order valence-corrected chi connectivity index (χ0v) is 8.51. The van der Waals surface area contributed by atoms with Gasteiger partial charge in [-0.25, -0.2) is 4.39 Å². The fourth-order valence-electron chi connectivity index (χ4n) is 1.36. The summed E-state index contributed by atoms with van der Waals surface area (Å²) in [4.78, 5) is 22.1. The molecule has 1 fully saturated rings. The lowest BCUT2D eigenvalue weighted by atomic mass is 10.1. The van der Waals surface area contributed by atoms with Crippen LogP contribution in [0.4, 0.5) is 9.18 Å². The maximum absolute atomic E-state index is 12.6. The van der Waals surface area contributed by atoms with Crippen molar-refractivity contribution in [1.82, 2.24) is 5.32 Å². The molecule has 0 bridgehead atoms. The highest BCUT2D eigenvalue weighted by atomic mass is 32.2. The van der Waals surface area contributed by atoms with Crippen molar-refractivity contribution >= 4 is 22.9 Å². The van der Waals surface area contributed by atoms with Gasteiger partial charge in [0.05, 0.1) is 5.25 Å². The van der Waals surface area contributed by atoms with Crippen LogP contribution in [-0.2, 0) is 11.2 Å². The van der Waals surface area contributed by atoms with E-state index in [1.165, 1.54) is 12.1 Å². The SMILES string of the molecule is O=C1NC(=O)[C@@H](Cc2ccc(F)cc2)S1. The number of amides is 2. The Bertz CT molecular complexity index is 404. The number of thioether (sulfide) groups is 1. The minimum Gasteiger partial charge on any atom is -0.286 e. The van der Waals surface area contributed by atoms with Gasteiger partial charge in [0, 0.05) is 0 Å². The fraction of sp³-hybridized carbons (Fsp3) is 0.200. The molecule has 1 saturated heterocycles. The molecule has 0 unspecified atom stereocenters. The molecule has 15 heavy (non-hydrogen) atoms. The molecule has 0 radical (unpaired) electrons. The maximum Gasteiger partial charge on any atom is 0.286 e. The van der Waals surface area contributed by atoms with E-state index in [4.69, 9.17) is 0 Å². The highest BCUT2D eigenvalue weighted by Crippen LogP contribution is 2.22. The number of imide groups is 1. The number of rotatable bonds is 2. The second-order valence-electron chi connectivity index (χ2n) is 3.21. The number of carbonyl (C=O) groups excluding carboxylic acids is 2. The minimum absolute atomic E-state index is 0.269. The summed E-state index contributed by atoms with van der Waals surface area (Å²) in [7, 11) is 0. The third-order valence-corrected chi connectivity index (χ3v) is 3.08. The summed E-state index contributed by atoms with van der Waals surface area (Å²) in [6.07, 6.45) is 0.447. The van der Waals surface area contributed by atoms with Crippen molar-refractivity contribution in [3.05, 3.63) is 35.6 Å². The number of hydrogen-bond donors (Lipinski definition) is 1. The molecule has 0 aliphatic carbocycles. The highest BCUT2D eigenvalue weighted by Gasteiger charge is 2.31. The van der Waals surface area contributed by atoms with E-state index in [2.05, 4.69) is 5.32 Å². The van der Waals surface area contributed by atoms with Crippen molar-refractivity contribution in [2.75, 3.05) is 0 Å². The topological polar surface area (TPSA) is 46.2 Å². The van der Waals surface area contributed by atoms with Gasteiger partial charge in [-0.15, -0.1) is 0 Å². The number of carbonyl (C=O) groups is 2. The van der Waals surface area contributed by atoms with E-state index in [0.29, 0.717) is 6.42 Å². The van der Waals surface area contributed by atoms with E-state index in [1.54, 1.807) is 12.1 Å². The molecular formula is C10H8FNO2S. The zero-order chi connectivity index (χ0) is 10.8. The number of halogens is 1. The lowest BCUT2D eigenvalue weighted by molar-refractivity contribution is -0.118. The quantitative estimate of drug-likeness (QED) is 0.833. The van der Waals surface area contributed by atoms with Gasteiger partial charge in [-0.1, -0.05) is 23.9 Å². The first-order valence-corrected chi connectivity index (χ1v) is 5.29. The largest absolute Gasteiger partial charge is 0.286 e. The molecule has 1 N–H and O–H groups in total. The minimum atomic E-state index is -0.386. The van der Waals surface area contributed by atoms with Crippen molar-refractivity contribution in [2.24, 2.45) is 0 Å². The molecule has 1 aliphatic rings. The van der Waals surface area contributed by atoms with E-state index in [-0.39, 0.29) is 22.2 Å². The van der Waals surface area contributed by atoms with Crippen molar-refractivity contribution in [3.8, 4) is 0 Å². The first-order chi connectivity index (χ1) is 7.15. The third kappa shape index (κ3) is 2.36. The maximum atomic E-state index is 12.6. The standard InChI is InChI=1S/C10H8FNO2S/c11-7-3-1-6(2-4-7)5-8-9(13)12-10(14)15-8/h1-4,8H,5H2,(H,12,13,14)/t8-/m1/s1. The van der Waals surface area contributed by atoms with E-state index in [9.17, 15) is 14.0 Å². The Morgan fingerprint density at radius 2 is 1.93 bits per heavy atom.